The third-order valence-corrected chi connectivity index (χ3v) is 9.48. The number of esters is 1. The fourth-order valence-electron chi connectivity index (χ4n) is 4.63. The molecule has 1 saturated heterocycles. The summed E-state index contributed by atoms with van der Waals surface area (Å²) in [5.74, 6) is -0.858. The van der Waals surface area contributed by atoms with Crippen LogP contribution in [0.25, 0.3) is 0 Å². The minimum atomic E-state index is -1.26. The monoisotopic (exact) mass is 668 g/mol. The maximum atomic E-state index is 13.5. The SMILES string of the molecule is CON=C(C(=O)N[C@@H]1C(=O)N2C(C(=O)OC(C)OC(=O)OC3CCCC3)=C(/C=C/SCCN(C)C)CS[C@H]12)c1csc(N)n1. The zero-order valence-corrected chi connectivity index (χ0v) is 27.3. The van der Waals surface area contributed by atoms with Gasteiger partial charge in [-0.25, -0.2) is 14.6 Å². The molecule has 0 spiro atoms. The van der Waals surface area contributed by atoms with Gasteiger partial charge in [0, 0.05) is 30.4 Å². The first kappa shape index (κ1) is 33.6. The van der Waals surface area contributed by atoms with Crippen LogP contribution in [-0.2, 0) is 33.4 Å². The molecule has 0 aromatic carbocycles. The molecule has 1 aromatic rings. The number of nitrogens with zero attached hydrogens (tertiary/aromatic N) is 4. The highest BCUT2D eigenvalue weighted by molar-refractivity contribution is 8.02. The first-order chi connectivity index (χ1) is 21.1. The van der Waals surface area contributed by atoms with Crippen molar-refractivity contribution in [2.24, 2.45) is 5.16 Å². The van der Waals surface area contributed by atoms with E-state index in [4.69, 9.17) is 24.8 Å². The molecule has 2 fully saturated rings. The van der Waals surface area contributed by atoms with E-state index in [-0.39, 0.29) is 28.3 Å². The second-order valence-electron chi connectivity index (χ2n) is 10.3. The highest BCUT2D eigenvalue weighted by atomic mass is 32.2. The Bertz CT molecular complexity index is 1330. The number of hydrogen-bond donors (Lipinski definition) is 2. The molecule has 1 aromatic heterocycles. The third kappa shape index (κ3) is 8.46. The Balaban J connectivity index is 1.47. The van der Waals surface area contributed by atoms with E-state index in [1.165, 1.54) is 30.7 Å². The summed E-state index contributed by atoms with van der Waals surface area (Å²) in [6.45, 7) is 2.26. The van der Waals surface area contributed by atoms with Gasteiger partial charge in [-0.3, -0.25) is 14.5 Å². The maximum Gasteiger partial charge on any atom is 0.511 e. The second kappa shape index (κ2) is 15.6. The van der Waals surface area contributed by atoms with Crippen LogP contribution in [0.15, 0.2) is 33.3 Å². The maximum absolute atomic E-state index is 13.5. The number of amides is 2. The molecule has 3 aliphatic rings. The number of thiazole rings is 1. The molecular formula is C27H36N6O8S3. The van der Waals surface area contributed by atoms with Gasteiger partial charge in [0.25, 0.3) is 11.8 Å². The van der Waals surface area contributed by atoms with E-state index >= 15 is 0 Å². The van der Waals surface area contributed by atoms with Crippen LogP contribution in [0.1, 0.15) is 38.3 Å². The Kier molecular flexibility index (Phi) is 11.9. The van der Waals surface area contributed by atoms with Gasteiger partial charge in [0.2, 0.25) is 6.29 Å². The Morgan fingerprint density at radius 2 is 2.05 bits per heavy atom. The number of nitrogens with one attached hydrogen (secondary N) is 1. The van der Waals surface area contributed by atoms with Gasteiger partial charge < -0.3 is 35.0 Å². The predicted molar refractivity (Wildman–Crippen MR) is 168 cm³/mol. The van der Waals surface area contributed by atoms with Crippen LogP contribution < -0.4 is 11.1 Å². The fourth-order valence-corrected chi connectivity index (χ4v) is 7.37. The Morgan fingerprint density at radius 1 is 1.30 bits per heavy atom. The van der Waals surface area contributed by atoms with Crippen LogP contribution in [0, 0.1) is 0 Å². The number of fused-ring (bicyclic) bond motifs is 1. The fraction of sp³-hybridized carbons (Fsp3) is 0.556. The third-order valence-electron chi connectivity index (χ3n) is 6.76. The molecule has 3 N–H and O–H groups in total. The second-order valence-corrected chi connectivity index (χ2v) is 13.3. The van der Waals surface area contributed by atoms with Crippen LogP contribution in [-0.4, -0.2) is 107 Å². The number of allylic oxidation sites excluding steroid dienone is 1. The number of carbonyl (C=O) groups is 4. The molecule has 17 heteroatoms. The molecule has 1 unspecified atom stereocenters. The van der Waals surface area contributed by atoms with Gasteiger partial charge >= 0.3 is 12.1 Å². The number of ether oxygens (including phenoxy) is 3. The van der Waals surface area contributed by atoms with Crippen molar-refractivity contribution in [1.82, 2.24) is 20.1 Å². The quantitative estimate of drug-likeness (QED) is 0.0784. The summed E-state index contributed by atoms with van der Waals surface area (Å²) in [6, 6.07) is -0.955. The molecule has 44 heavy (non-hydrogen) atoms. The molecule has 2 amide bonds. The van der Waals surface area contributed by atoms with Gasteiger partial charge in [0.15, 0.2) is 10.8 Å². The summed E-state index contributed by atoms with van der Waals surface area (Å²) in [7, 11) is 5.24. The lowest BCUT2D eigenvalue weighted by atomic mass is 10.0. The van der Waals surface area contributed by atoms with Crippen LogP contribution in [0.3, 0.4) is 0 Å². The number of carbonyl (C=O) groups excluding carboxylic acids is 4. The summed E-state index contributed by atoms with van der Waals surface area (Å²) in [4.78, 5) is 64.5. The first-order valence-electron chi connectivity index (χ1n) is 13.9. The van der Waals surface area contributed by atoms with E-state index in [9.17, 15) is 19.2 Å². The summed E-state index contributed by atoms with van der Waals surface area (Å²) in [5.41, 5.74) is 6.35. The number of rotatable bonds is 13. The van der Waals surface area contributed by atoms with Crippen LogP contribution in [0.4, 0.5) is 9.93 Å². The number of aromatic nitrogens is 1. The predicted octanol–water partition coefficient (Wildman–Crippen LogP) is 2.52. The first-order valence-corrected chi connectivity index (χ1v) is 16.9. The van der Waals surface area contributed by atoms with Gasteiger partial charge in [-0.2, -0.15) is 0 Å². The summed E-state index contributed by atoms with van der Waals surface area (Å²) in [5, 5.41) is 9.50. The van der Waals surface area contributed by atoms with Crippen molar-refractivity contribution in [3.63, 3.8) is 0 Å². The topological polar surface area (TPSA) is 175 Å². The molecular weight excluding hydrogens is 633 g/mol. The lowest BCUT2D eigenvalue weighted by Gasteiger charge is -2.49. The number of nitrogens with two attached hydrogens (primary N) is 1. The van der Waals surface area contributed by atoms with Crippen molar-refractivity contribution in [2.45, 2.75) is 56.4 Å². The van der Waals surface area contributed by atoms with Crippen molar-refractivity contribution >= 4 is 69.6 Å². The van der Waals surface area contributed by atoms with E-state index in [0.29, 0.717) is 11.3 Å². The zero-order valence-electron chi connectivity index (χ0n) is 24.8. The average Bonchev–Trinajstić information content (AvgIpc) is 3.65. The summed E-state index contributed by atoms with van der Waals surface area (Å²) in [6.07, 6.45) is 2.87. The Labute approximate surface area is 267 Å². The van der Waals surface area contributed by atoms with Crippen LogP contribution >= 0.6 is 34.9 Å². The molecule has 240 valence electrons. The van der Waals surface area contributed by atoms with Crippen molar-refractivity contribution in [3.8, 4) is 0 Å². The molecule has 1 saturated carbocycles. The van der Waals surface area contributed by atoms with Crippen LogP contribution in [0.5, 0.6) is 0 Å². The highest BCUT2D eigenvalue weighted by Crippen LogP contribution is 2.41. The Morgan fingerprint density at radius 3 is 2.70 bits per heavy atom. The molecule has 4 rings (SSSR count). The van der Waals surface area contributed by atoms with Crippen molar-refractivity contribution in [2.75, 3.05) is 45.0 Å². The van der Waals surface area contributed by atoms with E-state index in [0.717, 1.165) is 49.3 Å². The van der Waals surface area contributed by atoms with E-state index in [2.05, 4.69) is 20.4 Å². The standard InChI is InChI=1S/C27H36N6O8S3/c1-15(40-27(37)41-17-7-5-6-8-17)39-25(36)21-16(9-11-42-12-10-32(2)3)13-43-24-20(23(35)33(21)24)30-22(34)19(31-38-4)18-14-44-26(28)29-18/h9,11,14-15,17,20,24H,5-8,10,12-13H2,1-4H3,(H2,28,29)(H,30,34)/b11-9+,31-19?/t15?,20-,24-/m1/s1. The van der Waals surface area contributed by atoms with Crippen molar-refractivity contribution < 1.29 is 38.2 Å². The van der Waals surface area contributed by atoms with E-state index in [1.807, 2.05) is 19.5 Å². The minimum Gasteiger partial charge on any atom is -0.431 e. The number of hydrogen-bond acceptors (Lipinski definition) is 15. The Hall–Kier alpha value is -3.28. The van der Waals surface area contributed by atoms with Gasteiger partial charge in [-0.15, -0.1) is 34.9 Å². The van der Waals surface area contributed by atoms with Crippen molar-refractivity contribution in [1.29, 1.82) is 0 Å². The van der Waals surface area contributed by atoms with Crippen molar-refractivity contribution in [3.05, 3.63) is 33.8 Å². The molecule has 3 atom stereocenters. The lowest BCUT2D eigenvalue weighted by molar-refractivity contribution is -0.169. The van der Waals surface area contributed by atoms with E-state index < -0.39 is 41.6 Å². The molecule has 1 aliphatic carbocycles. The number of thioether (sulfide) groups is 2. The van der Waals surface area contributed by atoms with Gasteiger partial charge in [0.05, 0.1) is 0 Å². The number of nitrogen functional groups attached to an aromatic ring is 1. The number of oxime groups is 1. The molecule has 3 heterocycles. The van der Waals surface area contributed by atoms with Gasteiger partial charge in [-0.05, 0) is 56.8 Å². The van der Waals surface area contributed by atoms with Gasteiger partial charge in [-0.1, -0.05) is 5.16 Å². The minimum absolute atomic E-state index is 0.0198. The lowest BCUT2D eigenvalue weighted by Crippen LogP contribution is -2.71. The molecule has 0 radical (unpaired) electrons. The highest BCUT2D eigenvalue weighted by Gasteiger charge is 2.54. The largest absolute Gasteiger partial charge is 0.511 e. The normalized spacial score (nSPS) is 21.2. The smallest absolute Gasteiger partial charge is 0.431 e. The number of β-lactam (4-membered cyclic amide) rings is 1. The zero-order chi connectivity index (χ0) is 31.8. The molecule has 2 aliphatic heterocycles. The van der Waals surface area contributed by atoms with Gasteiger partial charge in [0.1, 0.15) is 36.0 Å². The average molecular weight is 669 g/mol. The molecule has 0 bridgehead atoms. The molecule has 14 nitrogen and oxygen atoms in total. The summed E-state index contributed by atoms with van der Waals surface area (Å²) < 4.78 is 15.9. The van der Waals surface area contributed by atoms with Crippen LogP contribution in [0.2, 0.25) is 0 Å². The van der Waals surface area contributed by atoms with E-state index in [1.54, 1.807) is 23.2 Å². The number of anilines is 1. The summed E-state index contributed by atoms with van der Waals surface area (Å²) >= 11 is 4.07.